The summed E-state index contributed by atoms with van der Waals surface area (Å²) in [6.07, 6.45) is 3.59. The molecule has 3 aromatic carbocycles. The van der Waals surface area contributed by atoms with E-state index in [0.29, 0.717) is 11.1 Å². The van der Waals surface area contributed by atoms with Crippen molar-refractivity contribution in [2.75, 3.05) is 0 Å². The molecule has 0 saturated heterocycles. The van der Waals surface area contributed by atoms with E-state index >= 15 is 0 Å². The molecule has 6 nitrogen and oxygen atoms in total. The first kappa shape index (κ1) is 22.9. The molecule has 6 rings (SSSR count). The lowest BCUT2D eigenvalue weighted by Gasteiger charge is -2.10. The maximum Gasteiger partial charge on any atom is 0.146 e. The Hall–Kier alpha value is -3.50. The fourth-order valence-corrected chi connectivity index (χ4v) is 6.45. The van der Waals surface area contributed by atoms with Gasteiger partial charge in [0.1, 0.15) is 23.2 Å². The summed E-state index contributed by atoms with van der Waals surface area (Å²) in [7, 11) is 0.0796. The Bertz CT molecular complexity index is 1770. The van der Waals surface area contributed by atoms with Crippen molar-refractivity contribution in [3.05, 3.63) is 72.6 Å². The number of rotatable bonds is 7. The molecule has 9 heteroatoms. The third kappa shape index (κ3) is 4.20. The van der Waals surface area contributed by atoms with Crippen molar-refractivity contribution < 1.29 is 9.59 Å². The Kier molecular flexibility index (Phi) is 6.06. The van der Waals surface area contributed by atoms with Crippen LogP contribution >= 0.6 is 28.5 Å². The number of fused-ring (bicyclic) bond motifs is 2. The van der Waals surface area contributed by atoms with Gasteiger partial charge < -0.3 is 9.97 Å². The third-order valence-corrected chi connectivity index (χ3v) is 8.66. The minimum atomic E-state index is 0.0362. The smallest absolute Gasteiger partial charge is 0.146 e. The Morgan fingerprint density at radius 3 is 2.22 bits per heavy atom. The molecule has 2 N–H and O–H groups in total. The summed E-state index contributed by atoms with van der Waals surface area (Å²) in [4.78, 5) is 37.8. The fraction of sp³-hybridized carbons (Fsp3) is 0.0370. The van der Waals surface area contributed by atoms with Gasteiger partial charge in [0.25, 0.3) is 0 Å². The molecule has 0 fully saturated rings. The molecule has 3 aromatic heterocycles. The van der Waals surface area contributed by atoms with Gasteiger partial charge in [-0.3, -0.25) is 9.59 Å². The molecular formula is C27H20N4O2P2S. The van der Waals surface area contributed by atoms with Gasteiger partial charge in [0.05, 0.1) is 28.7 Å². The summed E-state index contributed by atoms with van der Waals surface area (Å²) in [5, 5.41) is 3.55. The van der Waals surface area contributed by atoms with Gasteiger partial charge in [-0.1, -0.05) is 36.4 Å². The molecule has 3 heterocycles. The zero-order chi connectivity index (χ0) is 24.6. The largest absolute Gasteiger partial charge is 0.338 e. The van der Waals surface area contributed by atoms with Gasteiger partial charge in [-0.15, -0.1) is 11.3 Å². The number of aromatic amines is 2. The Balaban J connectivity index is 1.34. The van der Waals surface area contributed by atoms with E-state index in [2.05, 4.69) is 81.5 Å². The molecule has 6 aromatic rings. The third-order valence-electron chi connectivity index (χ3n) is 6.24. The SMILES string of the molecule is Cc1c(-c2cnc(PC=O)[nH]2)ccc2cc(-c3ccc4cc(-c5cnc(PC=O)[nH]5)sc4c3)ccc12. The lowest BCUT2D eigenvalue weighted by molar-refractivity contribution is 0.569. The molecule has 2 atom stereocenters. The number of carbonyl (C=O) groups is 2. The highest BCUT2D eigenvalue weighted by atomic mass is 32.1. The van der Waals surface area contributed by atoms with Gasteiger partial charge in [-0.25, -0.2) is 9.97 Å². The number of aryl methyl sites for hydroxylation is 1. The second-order valence-electron chi connectivity index (χ2n) is 8.35. The van der Waals surface area contributed by atoms with Gasteiger partial charge >= 0.3 is 0 Å². The summed E-state index contributed by atoms with van der Waals surface area (Å²) in [5.41, 5.74) is 7.88. The zero-order valence-corrected chi connectivity index (χ0v) is 21.9. The minimum absolute atomic E-state index is 0.0362. The van der Waals surface area contributed by atoms with Gasteiger partial charge in [-0.05, 0) is 58.0 Å². The van der Waals surface area contributed by atoms with Crippen LogP contribution in [0.5, 0.6) is 0 Å². The van der Waals surface area contributed by atoms with Crippen LogP contribution in [0.3, 0.4) is 0 Å². The van der Waals surface area contributed by atoms with Crippen LogP contribution < -0.4 is 11.1 Å². The van der Waals surface area contributed by atoms with Gasteiger partial charge in [-0.2, -0.15) is 0 Å². The minimum Gasteiger partial charge on any atom is -0.338 e. The van der Waals surface area contributed by atoms with E-state index in [0.717, 1.165) is 33.9 Å². The predicted molar refractivity (Wildman–Crippen MR) is 154 cm³/mol. The molecule has 0 aliphatic carbocycles. The summed E-state index contributed by atoms with van der Waals surface area (Å²) in [6, 6.07) is 21.3. The monoisotopic (exact) mass is 526 g/mol. The van der Waals surface area contributed by atoms with Gasteiger partial charge in [0, 0.05) is 27.4 Å². The molecule has 0 bridgehead atoms. The Labute approximate surface area is 214 Å². The first-order valence-electron chi connectivity index (χ1n) is 11.2. The number of imidazole rings is 2. The molecule has 0 saturated carbocycles. The number of H-pyrrole nitrogens is 2. The summed E-state index contributed by atoms with van der Waals surface area (Å²) < 4.78 is 1.20. The molecule has 0 amide bonds. The first-order chi connectivity index (χ1) is 17.6. The lowest BCUT2D eigenvalue weighted by atomic mass is 9.95. The van der Waals surface area contributed by atoms with Gasteiger partial charge in [0.2, 0.25) is 0 Å². The van der Waals surface area contributed by atoms with Crippen molar-refractivity contribution in [1.82, 2.24) is 19.9 Å². The highest BCUT2D eigenvalue weighted by Gasteiger charge is 2.12. The quantitative estimate of drug-likeness (QED) is 0.203. The van der Waals surface area contributed by atoms with Crippen molar-refractivity contribution in [1.29, 1.82) is 0 Å². The number of benzene rings is 3. The normalized spacial score (nSPS) is 12.0. The number of hydrogen-bond donors (Lipinski definition) is 2. The van der Waals surface area contributed by atoms with Crippen LogP contribution in [0.4, 0.5) is 0 Å². The number of nitrogens with zero attached hydrogens (tertiary/aromatic N) is 2. The zero-order valence-electron chi connectivity index (χ0n) is 19.1. The van der Waals surface area contributed by atoms with E-state index in [1.54, 1.807) is 23.7 Å². The molecule has 0 aliphatic rings. The number of hydrogen-bond acceptors (Lipinski definition) is 5. The highest BCUT2D eigenvalue weighted by Crippen LogP contribution is 2.36. The van der Waals surface area contributed by atoms with Crippen LogP contribution in [0.25, 0.3) is 53.8 Å². The summed E-state index contributed by atoms with van der Waals surface area (Å²) >= 11 is 1.71. The standard InChI is InChI=1S/C27H20N4O2P2S/c1-15-20-6-4-16(8-18(20)5-7-21(15)22-11-28-26(30-22)34-13-32)17-2-3-19-10-25(36-24(19)9-17)23-12-29-27(31-23)35-14-33/h2-14,34-35H,1H3,(H,28,30)(H,29,31). The molecule has 0 spiro atoms. The highest BCUT2D eigenvalue weighted by molar-refractivity contribution is 7.62. The van der Waals surface area contributed by atoms with Crippen molar-refractivity contribution in [3.8, 4) is 33.0 Å². The van der Waals surface area contributed by atoms with E-state index in [9.17, 15) is 9.59 Å². The molecule has 36 heavy (non-hydrogen) atoms. The number of carbonyl (C=O) groups excluding carboxylic acids is 2. The second-order valence-corrected chi connectivity index (χ2v) is 11.4. The van der Waals surface area contributed by atoms with Crippen LogP contribution in [0.2, 0.25) is 0 Å². The summed E-state index contributed by atoms with van der Waals surface area (Å²) in [5.74, 6) is 0. The van der Waals surface area contributed by atoms with E-state index < -0.39 is 0 Å². The molecular weight excluding hydrogens is 506 g/mol. The van der Waals surface area contributed by atoms with Crippen molar-refractivity contribution in [3.63, 3.8) is 0 Å². The summed E-state index contributed by atoms with van der Waals surface area (Å²) in [6.45, 7) is 2.12. The number of thiophene rings is 1. The van der Waals surface area contributed by atoms with Crippen LogP contribution in [-0.2, 0) is 9.59 Å². The van der Waals surface area contributed by atoms with Gasteiger partial charge in [0.15, 0.2) is 0 Å². The average molecular weight is 526 g/mol. The Morgan fingerprint density at radius 1 is 0.778 bits per heavy atom. The van der Waals surface area contributed by atoms with Crippen LogP contribution in [0.1, 0.15) is 5.56 Å². The second kappa shape index (κ2) is 9.51. The first-order valence-corrected chi connectivity index (χ1v) is 14.2. The van der Waals surface area contributed by atoms with E-state index in [1.807, 2.05) is 0 Å². The lowest BCUT2D eigenvalue weighted by Crippen LogP contribution is -1.98. The van der Waals surface area contributed by atoms with Crippen molar-refractivity contribution in [2.24, 2.45) is 0 Å². The predicted octanol–water partition coefficient (Wildman–Crippen LogP) is 5.80. The van der Waals surface area contributed by atoms with Crippen molar-refractivity contribution >= 4 is 72.5 Å². The van der Waals surface area contributed by atoms with Crippen LogP contribution in [0, 0.1) is 6.92 Å². The van der Waals surface area contributed by atoms with Crippen LogP contribution in [-0.4, -0.2) is 32.0 Å². The maximum atomic E-state index is 10.8. The average Bonchev–Trinajstić information content (AvgIpc) is 3.64. The van der Waals surface area contributed by atoms with E-state index in [-0.39, 0.29) is 17.2 Å². The van der Waals surface area contributed by atoms with E-state index in [4.69, 9.17) is 0 Å². The number of nitrogens with one attached hydrogen (secondary N) is 2. The molecule has 176 valence electrons. The van der Waals surface area contributed by atoms with Crippen LogP contribution in [0.15, 0.2) is 67.0 Å². The maximum absolute atomic E-state index is 10.8. The molecule has 0 aliphatic heterocycles. The number of aromatic nitrogens is 4. The van der Waals surface area contributed by atoms with Crippen molar-refractivity contribution in [2.45, 2.75) is 6.92 Å². The Morgan fingerprint density at radius 2 is 1.44 bits per heavy atom. The van der Waals surface area contributed by atoms with E-state index in [1.165, 1.54) is 37.5 Å². The molecule has 0 radical (unpaired) electrons. The molecule has 2 unspecified atom stereocenters. The topological polar surface area (TPSA) is 91.5 Å². The fourth-order valence-electron chi connectivity index (χ4n) is 4.46.